The molecule has 0 saturated heterocycles. The molecule has 1 unspecified atom stereocenters. The molecule has 1 aromatic carbocycles. The number of carbonyl (C=O) groups excluding carboxylic acids is 1. The lowest BCUT2D eigenvalue weighted by atomic mass is 10.1. The van der Waals surface area contributed by atoms with E-state index in [1.54, 1.807) is 25.2 Å². The Morgan fingerprint density at radius 2 is 2.14 bits per heavy atom. The number of rotatable bonds is 5. The van der Waals surface area contributed by atoms with Crippen LogP contribution in [0.3, 0.4) is 0 Å². The summed E-state index contributed by atoms with van der Waals surface area (Å²) in [5, 5.41) is 5.91. The molecule has 1 aromatic heterocycles. The topological polar surface area (TPSA) is 54.0 Å². The molecule has 0 saturated carbocycles. The highest BCUT2D eigenvalue weighted by atomic mass is 19.1. The molecule has 110 valence electrons. The van der Waals surface area contributed by atoms with Crippen molar-refractivity contribution in [2.75, 3.05) is 12.4 Å². The van der Waals surface area contributed by atoms with Gasteiger partial charge in [-0.3, -0.25) is 9.78 Å². The van der Waals surface area contributed by atoms with Gasteiger partial charge in [0.15, 0.2) is 0 Å². The van der Waals surface area contributed by atoms with Crippen molar-refractivity contribution < 1.29 is 9.18 Å². The first-order chi connectivity index (χ1) is 10.1. The average molecular weight is 287 g/mol. The number of aromatic nitrogens is 1. The van der Waals surface area contributed by atoms with Gasteiger partial charge in [-0.25, -0.2) is 4.39 Å². The molecule has 0 bridgehead atoms. The number of nitrogens with one attached hydrogen (secondary N) is 2. The van der Waals surface area contributed by atoms with Gasteiger partial charge in [-0.1, -0.05) is 13.0 Å². The summed E-state index contributed by atoms with van der Waals surface area (Å²) >= 11 is 0. The first-order valence-corrected chi connectivity index (χ1v) is 6.84. The Labute approximate surface area is 123 Å². The minimum Gasteiger partial charge on any atom is -0.377 e. The number of carbonyl (C=O) groups is 1. The predicted octanol–water partition coefficient (Wildman–Crippen LogP) is 3.14. The Hall–Kier alpha value is -2.43. The molecule has 2 N–H and O–H groups in total. The third kappa shape index (κ3) is 3.78. The number of amides is 1. The number of pyridine rings is 1. The van der Waals surface area contributed by atoms with Crippen molar-refractivity contribution >= 4 is 11.6 Å². The predicted molar refractivity (Wildman–Crippen MR) is 80.7 cm³/mol. The number of nitrogens with zero attached hydrogens (tertiary/aromatic N) is 1. The number of hydrogen-bond donors (Lipinski definition) is 2. The summed E-state index contributed by atoms with van der Waals surface area (Å²) in [4.78, 5) is 15.7. The van der Waals surface area contributed by atoms with E-state index in [4.69, 9.17) is 0 Å². The molecule has 1 heterocycles. The molecule has 1 amide bonds. The van der Waals surface area contributed by atoms with Crippen molar-refractivity contribution in [3.63, 3.8) is 0 Å². The highest BCUT2D eigenvalue weighted by molar-refractivity contribution is 5.94. The summed E-state index contributed by atoms with van der Waals surface area (Å²) in [6, 6.07) is 10.3. The molecule has 2 rings (SSSR count). The minimum absolute atomic E-state index is 0.0365. The maximum atomic E-state index is 12.9. The lowest BCUT2D eigenvalue weighted by molar-refractivity contribution is 0.0963. The largest absolute Gasteiger partial charge is 0.377 e. The molecule has 0 aliphatic carbocycles. The van der Waals surface area contributed by atoms with Crippen LogP contribution in [-0.4, -0.2) is 17.9 Å². The van der Waals surface area contributed by atoms with E-state index < -0.39 is 0 Å². The molecular weight excluding hydrogens is 269 g/mol. The second-order valence-corrected chi connectivity index (χ2v) is 4.67. The van der Waals surface area contributed by atoms with E-state index in [1.807, 2.05) is 19.1 Å². The van der Waals surface area contributed by atoms with Crippen molar-refractivity contribution in [2.45, 2.75) is 19.4 Å². The summed E-state index contributed by atoms with van der Waals surface area (Å²) in [5.74, 6) is -0.484. The Bertz CT molecular complexity index is 613. The van der Waals surface area contributed by atoms with Crippen molar-refractivity contribution in [1.29, 1.82) is 0 Å². The van der Waals surface area contributed by atoms with Crippen LogP contribution in [0.15, 0.2) is 42.6 Å². The Morgan fingerprint density at radius 1 is 1.33 bits per heavy atom. The van der Waals surface area contributed by atoms with E-state index in [0.29, 0.717) is 5.56 Å². The van der Waals surface area contributed by atoms with Crippen LogP contribution in [0.1, 0.15) is 35.4 Å². The van der Waals surface area contributed by atoms with Crippen LogP contribution >= 0.6 is 0 Å². The first kappa shape index (κ1) is 15.0. The van der Waals surface area contributed by atoms with Crippen molar-refractivity contribution in [3.8, 4) is 0 Å². The molecule has 0 radical (unpaired) electrons. The van der Waals surface area contributed by atoms with Gasteiger partial charge < -0.3 is 10.6 Å². The molecule has 0 fully saturated rings. The number of benzene rings is 1. The summed E-state index contributed by atoms with van der Waals surface area (Å²) in [6.07, 6.45) is 2.00. The van der Waals surface area contributed by atoms with Crippen LogP contribution < -0.4 is 10.6 Å². The third-order valence-electron chi connectivity index (χ3n) is 3.21. The molecule has 21 heavy (non-hydrogen) atoms. The van der Waals surface area contributed by atoms with E-state index >= 15 is 0 Å². The van der Waals surface area contributed by atoms with Gasteiger partial charge in [0, 0.05) is 18.3 Å². The van der Waals surface area contributed by atoms with Gasteiger partial charge >= 0.3 is 0 Å². The van der Waals surface area contributed by atoms with E-state index in [-0.39, 0.29) is 17.8 Å². The summed E-state index contributed by atoms with van der Waals surface area (Å²) in [6.45, 7) is 2.02. The fourth-order valence-corrected chi connectivity index (χ4v) is 2.07. The number of anilines is 1. The van der Waals surface area contributed by atoms with Crippen LogP contribution in [0, 0.1) is 5.82 Å². The molecule has 1 atom stereocenters. The quantitative estimate of drug-likeness (QED) is 0.888. The zero-order chi connectivity index (χ0) is 15.2. The smallest absolute Gasteiger partial charge is 0.251 e. The van der Waals surface area contributed by atoms with Crippen molar-refractivity contribution in [1.82, 2.24) is 10.3 Å². The molecule has 2 aromatic rings. The highest BCUT2D eigenvalue weighted by Crippen LogP contribution is 2.21. The van der Waals surface area contributed by atoms with E-state index in [1.165, 1.54) is 12.3 Å². The van der Waals surface area contributed by atoms with Crippen LogP contribution in [0.25, 0.3) is 0 Å². The lowest BCUT2D eigenvalue weighted by Crippen LogP contribution is -2.18. The highest BCUT2D eigenvalue weighted by Gasteiger charge is 2.12. The summed E-state index contributed by atoms with van der Waals surface area (Å²) in [7, 11) is 1.60. The van der Waals surface area contributed by atoms with Gasteiger partial charge in [-0.05, 0) is 36.8 Å². The van der Waals surface area contributed by atoms with E-state index in [9.17, 15) is 9.18 Å². The normalized spacial score (nSPS) is 11.8. The maximum Gasteiger partial charge on any atom is 0.251 e. The van der Waals surface area contributed by atoms with Crippen LogP contribution in [0.2, 0.25) is 0 Å². The van der Waals surface area contributed by atoms with Gasteiger partial charge in [0.1, 0.15) is 5.82 Å². The van der Waals surface area contributed by atoms with Crippen LogP contribution in [0.5, 0.6) is 0 Å². The standard InChI is InChI=1S/C16H18FN3O/c1-3-14(15-8-7-12(17)10-19-15)20-13-6-4-5-11(9-13)16(21)18-2/h4-10,14,20H,3H2,1-2H3,(H,18,21). The minimum atomic E-state index is -0.352. The Morgan fingerprint density at radius 3 is 2.76 bits per heavy atom. The number of hydrogen-bond acceptors (Lipinski definition) is 3. The molecule has 4 nitrogen and oxygen atoms in total. The zero-order valence-corrected chi connectivity index (χ0v) is 12.1. The van der Waals surface area contributed by atoms with Crippen LogP contribution in [-0.2, 0) is 0 Å². The molecule has 0 aliphatic rings. The molecule has 0 aliphatic heterocycles. The first-order valence-electron chi connectivity index (χ1n) is 6.84. The van der Waals surface area contributed by atoms with Crippen molar-refractivity contribution in [2.24, 2.45) is 0 Å². The SMILES string of the molecule is CCC(Nc1cccc(C(=O)NC)c1)c1ccc(F)cn1. The molecule has 0 spiro atoms. The van der Waals surface area contributed by atoms with E-state index in [0.717, 1.165) is 17.8 Å². The van der Waals surface area contributed by atoms with Gasteiger partial charge in [0.2, 0.25) is 0 Å². The monoisotopic (exact) mass is 287 g/mol. The fourth-order valence-electron chi connectivity index (χ4n) is 2.07. The van der Waals surface area contributed by atoms with Gasteiger partial charge in [0.05, 0.1) is 17.9 Å². The third-order valence-corrected chi connectivity index (χ3v) is 3.21. The maximum absolute atomic E-state index is 12.9. The summed E-state index contributed by atoms with van der Waals surface area (Å²) < 4.78 is 12.9. The Balaban J connectivity index is 2.18. The zero-order valence-electron chi connectivity index (χ0n) is 12.1. The second-order valence-electron chi connectivity index (χ2n) is 4.67. The van der Waals surface area contributed by atoms with Gasteiger partial charge in [-0.2, -0.15) is 0 Å². The fraction of sp³-hybridized carbons (Fsp3) is 0.250. The van der Waals surface area contributed by atoms with Gasteiger partial charge in [0.25, 0.3) is 5.91 Å². The lowest BCUT2D eigenvalue weighted by Gasteiger charge is -2.18. The average Bonchev–Trinajstić information content (AvgIpc) is 2.53. The van der Waals surface area contributed by atoms with Crippen molar-refractivity contribution in [3.05, 3.63) is 59.7 Å². The van der Waals surface area contributed by atoms with Crippen LogP contribution in [0.4, 0.5) is 10.1 Å². The second kappa shape index (κ2) is 6.83. The van der Waals surface area contributed by atoms with E-state index in [2.05, 4.69) is 15.6 Å². The summed E-state index contributed by atoms with van der Waals surface area (Å²) in [5.41, 5.74) is 2.18. The molecular formula is C16H18FN3O. The van der Waals surface area contributed by atoms with Gasteiger partial charge in [-0.15, -0.1) is 0 Å². The number of halogens is 1. The molecule has 5 heteroatoms. The Kier molecular flexibility index (Phi) is 4.87.